The van der Waals surface area contributed by atoms with E-state index >= 15 is 0 Å². The maximum absolute atomic E-state index is 12.3. The maximum Gasteiger partial charge on any atom is 0.251 e. The van der Waals surface area contributed by atoms with Crippen LogP contribution < -0.4 is 16.0 Å². The molecule has 1 amide bonds. The highest BCUT2D eigenvalue weighted by Crippen LogP contribution is 2.17. The Morgan fingerprint density at radius 3 is 2.55 bits per heavy atom. The number of aromatic nitrogens is 2. The van der Waals surface area contributed by atoms with Gasteiger partial charge in [-0.05, 0) is 62.6 Å². The monoisotopic (exact) mass is 446 g/mol. The Morgan fingerprint density at radius 2 is 1.82 bits per heavy atom. The zero-order valence-electron chi connectivity index (χ0n) is 20.0. The van der Waals surface area contributed by atoms with Crippen molar-refractivity contribution in [2.24, 2.45) is 4.99 Å². The van der Waals surface area contributed by atoms with Crippen molar-refractivity contribution < 1.29 is 4.79 Å². The zero-order chi connectivity index (χ0) is 23.6. The fourth-order valence-corrected chi connectivity index (χ4v) is 3.58. The Kier molecular flexibility index (Phi) is 8.63. The number of rotatable bonds is 9. The molecule has 0 aliphatic carbocycles. The van der Waals surface area contributed by atoms with Crippen LogP contribution in [0.15, 0.2) is 59.6 Å². The fraction of sp³-hybridized carbons (Fsp3) is 0.346. The van der Waals surface area contributed by atoms with E-state index < -0.39 is 0 Å². The summed E-state index contributed by atoms with van der Waals surface area (Å²) in [6.07, 6.45) is 0.913. The van der Waals surface area contributed by atoms with Crippen molar-refractivity contribution in [3.63, 3.8) is 0 Å². The predicted molar refractivity (Wildman–Crippen MR) is 134 cm³/mol. The lowest BCUT2D eigenvalue weighted by Gasteiger charge is -2.15. The first-order chi connectivity index (χ1) is 16.0. The first-order valence-electron chi connectivity index (χ1n) is 11.5. The number of hydrogen-bond acceptors (Lipinski definition) is 3. The summed E-state index contributed by atoms with van der Waals surface area (Å²) in [5, 5.41) is 14.3. The SMILES string of the molecule is CCCNC(=O)c1cccc(CN=C(NCC)NCc2ccccc2-n2nc(C)cc2C)c1. The van der Waals surface area contributed by atoms with Gasteiger partial charge in [-0.1, -0.05) is 37.3 Å². The number of nitrogens with zero attached hydrogens (tertiary/aromatic N) is 3. The van der Waals surface area contributed by atoms with Crippen LogP contribution in [0.4, 0.5) is 0 Å². The van der Waals surface area contributed by atoms with Crippen molar-refractivity contribution in [3.8, 4) is 5.69 Å². The van der Waals surface area contributed by atoms with Gasteiger partial charge in [0.2, 0.25) is 0 Å². The van der Waals surface area contributed by atoms with Gasteiger partial charge in [0.15, 0.2) is 5.96 Å². The van der Waals surface area contributed by atoms with Crippen molar-refractivity contribution in [1.82, 2.24) is 25.7 Å². The lowest BCUT2D eigenvalue weighted by molar-refractivity contribution is 0.0953. The van der Waals surface area contributed by atoms with Gasteiger partial charge in [-0.2, -0.15) is 5.10 Å². The summed E-state index contributed by atoms with van der Waals surface area (Å²) >= 11 is 0. The summed E-state index contributed by atoms with van der Waals surface area (Å²) in [6.45, 7) is 10.7. The number of aryl methyl sites for hydroxylation is 2. The number of aliphatic imine (C=N–C) groups is 1. The van der Waals surface area contributed by atoms with E-state index in [9.17, 15) is 4.79 Å². The number of benzene rings is 2. The highest BCUT2D eigenvalue weighted by molar-refractivity contribution is 5.94. The minimum Gasteiger partial charge on any atom is -0.357 e. The first kappa shape index (κ1) is 24.0. The molecule has 0 aliphatic rings. The summed E-state index contributed by atoms with van der Waals surface area (Å²) in [7, 11) is 0. The molecule has 0 saturated heterocycles. The molecule has 1 heterocycles. The lowest BCUT2D eigenvalue weighted by Crippen LogP contribution is -2.37. The number of hydrogen-bond donors (Lipinski definition) is 3. The van der Waals surface area contributed by atoms with E-state index in [1.807, 2.05) is 61.9 Å². The van der Waals surface area contributed by atoms with Crippen LogP contribution in [0.2, 0.25) is 0 Å². The van der Waals surface area contributed by atoms with Crippen LogP contribution >= 0.6 is 0 Å². The van der Waals surface area contributed by atoms with Crippen LogP contribution in [0.3, 0.4) is 0 Å². The molecule has 0 bridgehead atoms. The Labute approximate surface area is 196 Å². The number of guanidine groups is 1. The predicted octanol–water partition coefficient (Wildman–Crippen LogP) is 3.88. The van der Waals surface area contributed by atoms with Crippen LogP contribution in [-0.4, -0.2) is 34.7 Å². The Morgan fingerprint density at radius 1 is 1.00 bits per heavy atom. The average Bonchev–Trinajstić information content (AvgIpc) is 3.17. The minimum absolute atomic E-state index is 0.0477. The van der Waals surface area contributed by atoms with E-state index in [0.29, 0.717) is 25.2 Å². The standard InChI is InChI=1S/C26H34N6O/c1-5-14-28-25(33)22-12-9-10-21(16-22)17-29-26(27-6-2)30-18-23-11-7-8-13-24(23)32-20(4)15-19(3)31-32/h7-13,15-16H,5-6,14,17-18H2,1-4H3,(H,28,33)(H2,27,29,30). The summed E-state index contributed by atoms with van der Waals surface area (Å²) in [4.78, 5) is 17.0. The number of carbonyl (C=O) groups is 1. The van der Waals surface area contributed by atoms with Gasteiger partial charge in [0.05, 0.1) is 17.9 Å². The van der Waals surface area contributed by atoms with Gasteiger partial charge in [-0.25, -0.2) is 9.67 Å². The fourth-order valence-electron chi connectivity index (χ4n) is 3.58. The second-order valence-electron chi connectivity index (χ2n) is 7.97. The van der Waals surface area contributed by atoms with Crippen molar-refractivity contribution in [1.29, 1.82) is 0 Å². The summed E-state index contributed by atoms with van der Waals surface area (Å²) in [5.41, 5.74) is 5.92. The molecule has 7 heteroatoms. The maximum atomic E-state index is 12.3. The third-order valence-corrected chi connectivity index (χ3v) is 5.16. The van der Waals surface area contributed by atoms with Gasteiger partial charge in [0.25, 0.3) is 5.91 Å². The number of carbonyl (C=O) groups excluding carboxylic acids is 1. The third kappa shape index (κ3) is 6.68. The molecular formula is C26H34N6O. The third-order valence-electron chi connectivity index (χ3n) is 5.16. The second-order valence-corrected chi connectivity index (χ2v) is 7.97. The van der Waals surface area contributed by atoms with Crippen molar-refractivity contribution in [3.05, 3.63) is 82.7 Å². The van der Waals surface area contributed by atoms with Gasteiger partial charge in [0.1, 0.15) is 0 Å². The van der Waals surface area contributed by atoms with Crippen molar-refractivity contribution in [2.45, 2.75) is 47.2 Å². The van der Waals surface area contributed by atoms with Crippen LogP contribution in [0.5, 0.6) is 0 Å². The molecule has 0 aliphatic heterocycles. The van der Waals surface area contributed by atoms with Gasteiger partial charge in [-0.3, -0.25) is 4.79 Å². The molecular weight excluding hydrogens is 412 g/mol. The largest absolute Gasteiger partial charge is 0.357 e. The molecule has 0 unspecified atom stereocenters. The quantitative estimate of drug-likeness (QED) is 0.344. The highest BCUT2D eigenvalue weighted by atomic mass is 16.1. The topological polar surface area (TPSA) is 83.3 Å². The molecule has 3 N–H and O–H groups in total. The number of para-hydroxylation sites is 1. The van der Waals surface area contributed by atoms with E-state index in [0.717, 1.165) is 47.1 Å². The average molecular weight is 447 g/mol. The number of amides is 1. The van der Waals surface area contributed by atoms with Crippen molar-refractivity contribution >= 4 is 11.9 Å². The van der Waals surface area contributed by atoms with Crippen LogP contribution in [0.1, 0.15) is 53.1 Å². The normalized spacial score (nSPS) is 11.3. The van der Waals surface area contributed by atoms with Crippen LogP contribution in [-0.2, 0) is 13.1 Å². The molecule has 33 heavy (non-hydrogen) atoms. The molecule has 0 saturated carbocycles. The van der Waals surface area contributed by atoms with Gasteiger partial charge >= 0.3 is 0 Å². The molecule has 3 aromatic rings. The molecule has 0 spiro atoms. The molecule has 0 atom stereocenters. The second kappa shape index (κ2) is 11.9. The van der Waals surface area contributed by atoms with Gasteiger partial charge < -0.3 is 16.0 Å². The summed E-state index contributed by atoms with van der Waals surface area (Å²) in [5.74, 6) is 0.676. The molecule has 0 radical (unpaired) electrons. The first-order valence-corrected chi connectivity index (χ1v) is 11.5. The van der Waals surface area contributed by atoms with Crippen molar-refractivity contribution in [2.75, 3.05) is 13.1 Å². The Bertz CT molecular complexity index is 1100. The molecule has 1 aromatic heterocycles. The minimum atomic E-state index is -0.0477. The van der Waals surface area contributed by atoms with E-state index in [1.54, 1.807) is 0 Å². The highest BCUT2D eigenvalue weighted by Gasteiger charge is 2.10. The van der Waals surface area contributed by atoms with E-state index in [1.165, 1.54) is 0 Å². The molecule has 174 valence electrons. The van der Waals surface area contributed by atoms with E-state index in [4.69, 9.17) is 4.99 Å². The molecule has 2 aromatic carbocycles. The Hall–Kier alpha value is -3.61. The van der Waals surface area contributed by atoms with Gasteiger partial charge in [-0.15, -0.1) is 0 Å². The summed E-state index contributed by atoms with van der Waals surface area (Å²) < 4.78 is 1.98. The van der Waals surface area contributed by atoms with Gasteiger partial charge in [0, 0.05) is 30.9 Å². The Balaban J connectivity index is 1.71. The molecule has 7 nitrogen and oxygen atoms in total. The van der Waals surface area contributed by atoms with Crippen LogP contribution in [0.25, 0.3) is 5.69 Å². The number of nitrogens with one attached hydrogen (secondary N) is 3. The summed E-state index contributed by atoms with van der Waals surface area (Å²) in [6, 6.07) is 17.9. The van der Waals surface area contributed by atoms with E-state index in [-0.39, 0.29) is 5.91 Å². The van der Waals surface area contributed by atoms with E-state index in [2.05, 4.69) is 46.2 Å². The smallest absolute Gasteiger partial charge is 0.251 e. The molecule has 0 fully saturated rings. The lowest BCUT2D eigenvalue weighted by atomic mass is 10.1. The van der Waals surface area contributed by atoms with Crippen LogP contribution in [0, 0.1) is 13.8 Å². The zero-order valence-corrected chi connectivity index (χ0v) is 20.0. The molecule has 3 rings (SSSR count).